The van der Waals surface area contributed by atoms with Crippen LogP contribution >= 0.6 is 46.1 Å². The van der Waals surface area contributed by atoms with Gasteiger partial charge in [0.15, 0.2) is 0 Å². The van der Waals surface area contributed by atoms with E-state index in [2.05, 4.69) is 10.2 Å². The Morgan fingerprint density at radius 2 is 2.10 bits per heavy atom. The van der Waals surface area contributed by atoms with Gasteiger partial charge in [0.25, 0.3) is 9.70 Å². The summed E-state index contributed by atoms with van der Waals surface area (Å²) in [5.41, 5.74) is 0.866. The van der Waals surface area contributed by atoms with Crippen LogP contribution in [0.5, 0.6) is 0 Å². The molecule has 0 atom stereocenters. The fourth-order valence-electron chi connectivity index (χ4n) is 2.21. The number of halogens is 3. The van der Waals surface area contributed by atoms with Crippen LogP contribution in [0.3, 0.4) is 0 Å². The first kappa shape index (κ1) is 16.8. The van der Waals surface area contributed by atoms with Gasteiger partial charge in [-0.25, -0.2) is 4.79 Å². The second-order valence-corrected chi connectivity index (χ2v) is 7.97. The molecule has 0 radical (unpaired) electrons. The Kier molecular flexibility index (Phi) is 5.05. The molecule has 9 heteroatoms. The number of amides is 1. The highest BCUT2D eigenvalue weighted by atomic mass is 35.6. The Bertz CT molecular complexity index is 583. The quantitative estimate of drug-likeness (QED) is 0.801. The zero-order chi connectivity index (χ0) is 15.8. The van der Waals surface area contributed by atoms with Gasteiger partial charge in [0.2, 0.25) is 0 Å². The van der Waals surface area contributed by atoms with Crippen molar-refractivity contribution in [3.05, 3.63) is 16.0 Å². The van der Waals surface area contributed by atoms with Gasteiger partial charge in [-0.1, -0.05) is 41.7 Å². The number of carbonyl (C=O) groups is 2. The summed E-state index contributed by atoms with van der Waals surface area (Å²) in [6, 6.07) is 0. The lowest BCUT2D eigenvalue weighted by Gasteiger charge is -2.25. The predicted molar refractivity (Wildman–Crippen MR) is 84.9 cm³/mol. The average Bonchev–Trinajstić information content (AvgIpc) is 2.74. The van der Waals surface area contributed by atoms with E-state index in [9.17, 15) is 14.7 Å². The van der Waals surface area contributed by atoms with E-state index in [0.717, 1.165) is 23.5 Å². The van der Waals surface area contributed by atoms with Crippen molar-refractivity contribution in [3.63, 3.8) is 0 Å². The highest BCUT2D eigenvalue weighted by molar-refractivity contribution is 7.17. The molecule has 2 rings (SSSR count). The minimum absolute atomic E-state index is 0.105. The molecule has 0 bridgehead atoms. The first-order valence-electron chi connectivity index (χ1n) is 6.22. The van der Waals surface area contributed by atoms with Crippen LogP contribution in [0.25, 0.3) is 0 Å². The number of carboxylic acids is 1. The normalized spacial score (nSPS) is 15.6. The van der Waals surface area contributed by atoms with Gasteiger partial charge in [-0.3, -0.25) is 9.69 Å². The van der Waals surface area contributed by atoms with Gasteiger partial charge < -0.3 is 10.4 Å². The summed E-state index contributed by atoms with van der Waals surface area (Å²) in [5.74, 6) is -1.95. The van der Waals surface area contributed by atoms with Gasteiger partial charge >= 0.3 is 5.97 Å². The number of anilines is 1. The third-order valence-corrected chi connectivity index (χ3v) is 4.93. The lowest BCUT2D eigenvalue weighted by atomic mass is 10.0. The molecule has 0 fully saturated rings. The number of nitrogens with one attached hydrogen (secondary N) is 1. The second kappa shape index (κ2) is 6.30. The first-order valence-corrected chi connectivity index (χ1v) is 8.17. The molecule has 1 aliphatic heterocycles. The maximum Gasteiger partial charge on any atom is 0.339 e. The van der Waals surface area contributed by atoms with Gasteiger partial charge in [0, 0.05) is 18.0 Å². The van der Waals surface area contributed by atoms with Crippen LogP contribution in [0.15, 0.2) is 0 Å². The van der Waals surface area contributed by atoms with Crippen molar-refractivity contribution in [2.24, 2.45) is 0 Å². The number of alkyl halides is 3. The Labute approximate surface area is 140 Å². The number of carbonyl (C=O) groups excluding carboxylic acids is 1. The van der Waals surface area contributed by atoms with Crippen molar-refractivity contribution in [2.45, 2.75) is 23.7 Å². The van der Waals surface area contributed by atoms with Gasteiger partial charge in [-0.05, 0) is 18.5 Å². The first-order chi connectivity index (χ1) is 9.74. The van der Waals surface area contributed by atoms with E-state index in [4.69, 9.17) is 34.8 Å². The molecule has 0 saturated carbocycles. The van der Waals surface area contributed by atoms with Crippen molar-refractivity contribution in [1.29, 1.82) is 0 Å². The van der Waals surface area contributed by atoms with E-state index < -0.39 is 15.7 Å². The molecule has 5 nitrogen and oxygen atoms in total. The molecule has 0 aromatic carbocycles. The van der Waals surface area contributed by atoms with Crippen LogP contribution in [0.1, 0.15) is 27.7 Å². The van der Waals surface area contributed by atoms with Crippen molar-refractivity contribution in [3.8, 4) is 0 Å². The predicted octanol–water partition coefficient (Wildman–Crippen LogP) is 3.13. The molecular formula is C12H13Cl3N2O3S. The maximum atomic E-state index is 11.7. The highest BCUT2D eigenvalue weighted by Crippen LogP contribution is 2.38. The van der Waals surface area contributed by atoms with Crippen molar-refractivity contribution < 1.29 is 14.7 Å². The van der Waals surface area contributed by atoms with Crippen molar-refractivity contribution in [2.75, 3.05) is 18.4 Å². The van der Waals surface area contributed by atoms with Crippen molar-refractivity contribution in [1.82, 2.24) is 4.90 Å². The number of rotatable bonds is 3. The Hall–Kier alpha value is -0.530. The fraction of sp³-hybridized carbons (Fsp3) is 0.500. The molecule has 0 unspecified atom stereocenters. The van der Waals surface area contributed by atoms with E-state index in [1.165, 1.54) is 11.3 Å². The minimum atomic E-state index is -2.13. The monoisotopic (exact) mass is 370 g/mol. The third kappa shape index (κ3) is 3.63. The number of carboxylic acid groups (broad SMARTS) is 1. The molecule has 116 valence electrons. The summed E-state index contributed by atoms with van der Waals surface area (Å²) in [5, 5.41) is 12.0. The summed E-state index contributed by atoms with van der Waals surface area (Å²) < 4.78 is -2.13. The third-order valence-electron chi connectivity index (χ3n) is 3.28. The largest absolute Gasteiger partial charge is 0.478 e. The summed E-state index contributed by atoms with van der Waals surface area (Å²) >= 11 is 17.7. The number of aromatic carboxylic acids is 1. The lowest BCUT2D eigenvalue weighted by molar-refractivity contribution is -0.115. The maximum absolute atomic E-state index is 11.7. The summed E-state index contributed by atoms with van der Waals surface area (Å²) in [6.07, 6.45) is 0.630. The highest BCUT2D eigenvalue weighted by Gasteiger charge is 2.34. The smallest absolute Gasteiger partial charge is 0.339 e. The molecule has 0 spiro atoms. The van der Waals surface area contributed by atoms with Crippen molar-refractivity contribution >= 4 is 63.0 Å². The van der Waals surface area contributed by atoms with Gasteiger partial charge in [0.1, 0.15) is 5.00 Å². The number of hydrogen-bond donors (Lipinski definition) is 2. The number of likely N-dealkylation sites (N-methyl/N-ethyl adjacent to an activating group) is 1. The van der Waals surface area contributed by atoms with Crippen LogP contribution < -0.4 is 5.32 Å². The zero-order valence-corrected chi connectivity index (χ0v) is 14.2. The Morgan fingerprint density at radius 1 is 1.43 bits per heavy atom. The van der Waals surface area contributed by atoms with Crippen LogP contribution in [0, 0.1) is 0 Å². The zero-order valence-electron chi connectivity index (χ0n) is 11.1. The number of thiophene rings is 1. The van der Waals surface area contributed by atoms with E-state index in [1.807, 2.05) is 6.92 Å². The van der Waals surface area contributed by atoms with Gasteiger partial charge in [-0.2, -0.15) is 0 Å². The topological polar surface area (TPSA) is 69.6 Å². The Morgan fingerprint density at radius 3 is 2.62 bits per heavy atom. The molecule has 2 N–H and O–H groups in total. The molecule has 2 heterocycles. The van der Waals surface area contributed by atoms with Gasteiger partial charge in [-0.15, -0.1) is 11.3 Å². The summed E-state index contributed by atoms with van der Waals surface area (Å²) in [7, 11) is 0. The van der Waals surface area contributed by atoms with Crippen LogP contribution in [0.4, 0.5) is 5.00 Å². The van der Waals surface area contributed by atoms with E-state index in [0.29, 0.717) is 13.0 Å². The molecule has 0 saturated heterocycles. The molecule has 21 heavy (non-hydrogen) atoms. The molecular weight excluding hydrogens is 359 g/mol. The van der Waals surface area contributed by atoms with Crippen LogP contribution in [-0.2, 0) is 17.8 Å². The van der Waals surface area contributed by atoms with Gasteiger partial charge in [0.05, 0.1) is 5.56 Å². The summed E-state index contributed by atoms with van der Waals surface area (Å²) in [4.78, 5) is 26.3. The van der Waals surface area contributed by atoms with E-state index in [1.54, 1.807) is 0 Å². The van der Waals surface area contributed by atoms with Crippen LogP contribution in [0.2, 0.25) is 0 Å². The number of nitrogens with zero attached hydrogens (tertiary/aromatic N) is 1. The number of hydrogen-bond acceptors (Lipinski definition) is 4. The fourth-order valence-corrected chi connectivity index (χ4v) is 3.63. The standard InChI is InChI=1S/C12H13Cl3N2O3S/c1-2-17-4-3-6-7(5-17)21-9(8(6)10(18)19)16-11(20)12(13,14)15/h2-5H2,1H3,(H,16,20)(H,18,19). The number of fused-ring (bicyclic) bond motifs is 1. The van der Waals surface area contributed by atoms with E-state index >= 15 is 0 Å². The second-order valence-electron chi connectivity index (χ2n) is 4.58. The average molecular weight is 372 g/mol. The molecule has 1 aromatic rings. The van der Waals surface area contributed by atoms with E-state index in [-0.39, 0.29) is 10.6 Å². The molecule has 0 aliphatic carbocycles. The summed E-state index contributed by atoms with van der Waals surface area (Å²) in [6.45, 7) is 4.39. The minimum Gasteiger partial charge on any atom is -0.478 e. The molecule has 1 aliphatic rings. The SMILES string of the molecule is CCN1CCc2c(sc(NC(=O)C(Cl)(Cl)Cl)c2C(=O)O)C1. The Balaban J connectivity index is 2.36. The molecule has 1 aromatic heterocycles. The lowest BCUT2D eigenvalue weighted by Crippen LogP contribution is -2.30. The molecule has 1 amide bonds. The van der Waals surface area contributed by atoms with Crippen LogP contribution in [-0.4, -0.2) is 38.8 Å².